The standard InChI is InChI=1S/C27H33NO2.C26H32N2O2.C20H25F2NO/c1-18(29)20-5-7-21(8-6-20)23-9-10-27(30-2)25(17-23)22-11-13-28(14-12-22)26-16-19-3-4-24(26)15-19;1-30-25-9-8-21(18-4-6-20(7-5-18)26(27)29)16-23(25)19-10-12-28(13-11-19)24-15-17-2-3-22(24)14-17;1-24-19-5-4-17(21)12-18(19)20(22)6-8-23(9-7-20)13-16-11-14-2-3-15(16)10-14/h5-10,17,19,22,24,26H,3-4,11-16H2,1-2H3;4-9,16-17,19,22,24H,2-3,10-15H2,1H3,(H2,27,29);2-5,12,14-16H,6-11,13H2,1H3/t19-,24-,26-;17-,22-,24-;14-,15-,16-/m000/s1. The first-order valence-electron chi connectivity index (χ1n) is 32.1. The summed E-state index contributed by atoms with van der Waals surface area (Å²) in [5.74, 6) is 9.08. The number of carbonyl (C=O) groups is 2. The van der Waals surface area contributed by atoms with E-state index in [-0.39, 0.29) is 11.7 Å². The van der Waals surface area contributed by atoms with E-state index in [0.717, 1.165) is 107 Å². The first kappa shape index (κ1) is 58.5. The predicted molar refractivity (Wildman–Crippen MR) is 331 cm³/mol. The Kier molecular flexibility index (Phi) is 17.8. The molecule has 8 fully saturated rings. The number of nitrogens with zero attached hydrogens (tertiary/aromatic N) is 3. The molecule has 1 amide bonds. The summed E-state index contributed by atoms with van der Waals surface area (Å²) in [7, 11) is 5.06. The van der Waals surface area contributed by atoms with Gasteiger partial charge in [0.2, 0.25) is 5.91 Å². The molecule has 6 bridgehead atoms. The third kappa shape index (κ3) is 12.7. The Hall–Kier alpha value is -5.88. The number of Topliss-reactive ketones (excluding diaryl/α,β-unsaturated/α-hetero) is 1. The topological polar surface area (TPSA) is 97.6 Å². The van der Waals surface area contributed by atoms with Crippen molar-refractivity contribution >= 4 is 11.7 Å². The number of amides is 1. The summed E-state index contributed by atoms with van der Waals surface area (Å²) in [5.41, 5.74) is 12.9. The third-order valence-electron chi connectivity index (χ3n) is 22.1. The average Bonchev–Trinajstić information content (AvgIpc) is 4.43. The van der Waals surface area contributed by atoms with E-state index in [0.29, 0.717) is 41.6 Å². The van der Waals surface area contributed by atoms with Crippen molar-refractivity contribution in [2.45, 2.75) is 139 Å². The number of rotatable bonds is 14. The van der Waals surface area contributed by atoms with E-state index in [1.54, 1.807) is 33.3 Å². The van der Waals surface area contributed by atoms with Gasteiger partial charge in [0.05, 0.1) is 21.3 Å². The highest BCUT2D eigenvalue weighted by Crippen LogP contribution is 2.51. The van der Waals surface area contributed by atoms with Crippen LogP contribution in [0.1, 0.15) is 159 Å². The zero-order valence-corrected chi connectivity index (χ0v) is 50.3. The molecule has 9 aliphatic rings. The van der Waals surface area contributed by atoms with Crippen LogP contribution in [0.2, 0.25) is 0 Å². The minimum absolute atomic E-state index is 0.110. The summed E-state index contributed by atoms with van der Waals surface area (Å²) >= 11 is 0. The molecule has 3 heterocycles. The molecule has 9 nitrogen and oxygen atoms in total. The van der Waals surface area contributed by atoms with Gasteiger partial charge in [0.15, 0.2) is 5.78 Å². The number of ether oxygens (including phenoxy) is 3. The minimum Gasteiger partial charge on any atom is -0.496 e. The summed E-state index contributed by atoms with van der Waals surface area (Å²) in [6, 6.07) is 34.4. The zero-order valence-electron chi connectivity index (χ0n) is 50.3. The number of nitrogens with two attached hydrogens (primary N) is 1. The summed E-state index contributed by atoms with van der Waals surface area (Å²) < 4.78 is 45.8. The molecular formula is C73H90F2N4O5. The first-order valence-corrected chi connectivity index (χ1v) is 32.1. The summed E-state index contributed by atoms with van der Waals surface area (Å²) in [4.78, 5) is 30.9. The third-order valence-corrected chi connectivity index (χ3v) is 22.1. The van der Waals surface area contributed by atoms with E-state index < -0.39 is 11.5 Å². The number of carbonyl (C=O) groups excluding carboxylic acids is 2. The lowest BCUT2D eigenvalue weighted by atomic mass is 9.84. The van der Waals surface area contributed by atoms with Gasteiger partial charge in [0.25, 0.3) is 0 Å². The van der Waals surface area contributed by atoms with Crippen molar-refractivity contribution in [2.24, 2.45) is 47.2 Å². The lowest BCUT2D eigenvalue weighted by Gasteiger charge is -2.40. The fraction of sp³-hybridized carbons (Fsp3) is 0.534. The van der Waals surface area contributed by atoms with Gasteiger partial charge in [0, 0.05) is 48.4 Å². The van der Waals surface area contributed by atoms with Crippen molar-refractivity contribution in [3.63, 3.8) is 0 Å². The molecule has 446 valence electrons. The highest BCUT2D eigenvalue weighted by atomic mass is 19.1. The van der Waals surface area contributed by atoms with E-state index >= 15 is 4.39 Å². The summed E-state index contributed by atoms with van der Waals surface area (Å²) in [5, 5.41) is 0. The molecule has 0 radical (unpaired) electrons. The zero-order chi connectivity index (χ0) is 58.1. The van der Waals surface area contributed by atoms with Gasteiger partial charge in [-0.3, -0.25) is 9.59 Å². The highest BCUT2D eigenvalue weighted by molar-refractivity contribution is 5.94. The molecule has 0 spiro atoms. The van der Waals surface area contributed by atoms with Gasteiger partial charge in [0.1, 0.15) is 28.7 Å². The minimum atomic E-state index is -1.49. The van der Waals surface area contributed by atoms with Crippen molar-refractivity contribution in [3.8, 4) is 39.5 Å². The Balaban J connectivity index is 0.000000125. The van der Waals surface area contributed by atoms with E-state index in [4.69, 9.17) is 19.9 Å². The molecular weight excluding hydrogens is 1050 g/mol. The van der Waals surface area contributed by atoms with Gasteiger partial charge in [-0.15, -0.1) is 0 Å². The maximum Gasteiger partial charge on any atom is 0.248 e. The number of alkyl halides is 1. The first-order chi connectivity index (χ1) is 40.8. The number of methoxy groups -OCH3 is 3. The van der Waals surface area contributed by atoms with E-state index in [1.165, 1.54) is 158 Å². The highest BCUT2D eigenvalue weighted by Gasteiger charge is 2.45. The largest absolute Gasteiger partial charge is 0.496 e. The molecule has 3 aliphatic heterocycles. The Morgan fingerprint density at radius 1 is 0.548 bits per heavy atom. The second-order valence-corrected chi connectivity index (χ2v) is 26.7. The normalized spacial score (nSPS) is 28.1. The van der Waals surface area contributed by atoms with Gasteiger partial charge in [-0.2, -0.15) is 0 Å². The molecule has 5 aromatic carbocycles. The number of fused-ring (bicyclic) bond motifs is 6. The summed E-state index contributed by atoms with van der Waals surface area (Å²) in [6.07, 6.45) is 24.7. The molecule has 6 aliphatic carbocycles. The second-order valence-electron chi connectivity index (χ2n) is 26.7. The van der Waals surface area contributed by atoms with Crippen LogP contribution in [0.5, 0.6) is 17.2 Å². The molecule has 5 aromatic rings. The van der Waals surface area contributed by atoms with Crippen LogP contribution in [0.4, 0.5) is 8.78 Å². The van der Waals surface area contributed by atoms with Crippen molar-refractivity contribution in [2.75, 3.05) is 67.1 Å². The van der Waals surface area contributed by atoms with E-state index in [1.807, 2.05) is 24.3 Å². The quantitative estimate of drug-likeness (QED) is 0.0868. The Bertz CT molecular complexity index is 2970. The van der Waals surface area contributed by atoms with Crippen molar-refractivity contribution in [3.05, 3.63) is 149 Å². The number of benzene rings is 5. The van der Waals surface area contributed by atoms with Gasteiger partial charge < -0.3 is 34.6 Å². The molecule has 3 saturated heterocycles. The molecule has 9 atom stereocenters. The number of hydrogen-bond donors (Lipinski definition) is 1. The van der Waals surface area contributed by atoms with Crippen molar-refractivity contribution in [1.82, 2.24) is 14.7 Å². The van der Waals surface area contributed by atoms with Crippen LogP contribution in [0.25, 0.3) is 22.3 Å². The van der Waals surface area contributed by atoms with Crippen LogP contribution < -0.4 is 19.9 Å². The molecule has 5 saturated carbocycles. The predicted octanol–water partition coefficient (Wildman–Crippen LogP) is 15.1. The number of primary amides is 1. The second kappa shape index (κ2) is 25.6. The number of likely N-dealkylation sites (tertiary alicyclic amines) is 3. The lowest BCUT2D eigenvalue weighted by Crippen LogP contribution is -2.43. The number of piperidine rings is 3. The van der Waals surface area contributed by atoms with Crippen molar-refractivity contribution < 1.29 is 32.6 Å². The van der Waals surface area contributed by atoms with Gasteiger partial charge in [-0.1, -0.05) is 73.5 Å². The lowest BCUT2D eigenvalue weighted by molar-refractivity contribution is 0.0448. The smallest absolute Gasteiger partial charge is 0.248 e. The maximum atomic E-state index is 15.5. The molecule has 0 aromatic heterocycles. The molecule has 84 heavy (non-hydrogen) atoms. The number of allylic oxidation sites excluding steroid dienone is 2. The number of hydrogen-bond acceptors (Lipinski definition) is 8. The van der Waals surface area contributed by atoms with E-state index in [9.17, 15) is 14.0 Å². The van der Waals surface area contributed by atoms with Crippen LogP contribution in [-0.2, 0) is 5.67 Å². The SMILES string of the molecule is COc1ccc(-c2ccc(C(C)=O)cc2)cc1C1CCN([C@H]2C[C@H]3CC[C@H]2C3)CC1.COc1ccc(-c2ccc(C(N)=O)cc2)cc1C1CCN([C@H]2C[C@H]3CC[C@H]2C3)CC1.COc1ccc(F)cc1C1(F)CCN(C[C@@H]2C[C@H]3C=C[C@H]2C3)CC1. The number of ketones is 1. The van der Waals surface area contributed by atoms with Gasteiger partial charge >= 0.3 is 0 Å². The van der Waals surface area contributed by atoms with Crippen molar-refractivity contribution in [1.29, 1.82) is 0 Å². The maximum absolute atomic E-state index is 15.5. The molecule has 14 rings (SSSR count). The van der Waals surface area contributed by atoms with Crippen LogP contribution >= 0.6 is 0 Å². The van der Waals surface area contributed by atoms with Crippen LogP contribution in [-0.4, -0.2) is 106 Å². The monoisotopic (exact) mass is 1140 g/mol. The van der Waals surface area contributed by atoms with Gasteiger partial charge in [-0.05, 0) is 264 Å². The molecule has 2 N–H and O–H groups in total. The average molecular weight is 1140 g/mol. The Morgan fingerprint density at radius 3 is 1.45 bits per heavy atom. The molecule has 0 unspecified atom stereocenters. The van der Waals surface area contributed by atoms with Gasteiger partial charge in [-0.25, -0.2) is 8.78 Å². The fourth-order valence-corrected chi connectivity index (χ4v) is 17.4. The van der Waals surface area contributed by atoms with Crippen LogP contribution in [0.3, 0.4) is 0 Å². The summed E-state index contributed by atoms with van der Waals surface area (Å²) in [6.45, 7) is 9.00. The molecule has 11 heteroatoms. The van der Waals surface area contributed by atoms with Crippen LogP contribution in [0.15, 0.2) is 115 Å². The van der Waals surface area contributed by atoms with Crippen LogP contribution in [0, 0.1) is 47.2 Å². The number of halogens is 2. The van der Waals surface area contributed by atoms with E-state index in [2.05, 4.69) is 75.4 Å². The Labute approximate surface area is 498 Å². The Morgan fingerprint density at radius 2 is 1.04 bits per heavy atom. The fourth-order valence-electron chi connectivity index (χ4n) is 17.4.